The first-order chi connectivity index (χ1) is 7.04. The Balaban J connectivity index is 2.39. The van der Waals surface area contributed by atoms with E-state index in [4.69, 9.17) is 5.73 Å². The Labute approximate surface area is 88.1 Å². The van der Waals surface area contributed by atoms with Crippen molar-refractivity contribution < 1.29 is 9.90 Å². The summed E-state index contributed by atoms with van der Waals surface area (Å²) in [6, 6.07) is 1.88. The Bertz CT molecular complexity index is 397. The molecule has 0 spiro atoms. The fourth-order valence-corrected chi connectivity index (χ4v) is 2.19. The van der Waals surface area contributed by atoms with E-state index in [0.29, 0.717) is 12.8 Å². The van der Waals surface area contributed by atoms with E-state index in [9.17, 15) is 9.90 Å². The van der Waals surface area contributed by atoms with Crippen LogP contribution in [-0.4, -0.2) is 22.1 Å². The van der Waals surface area contributed by atoms with E-state index in [1.165, 1.54) is 0 Å². The largest absolute Gasteiger partial charge is 0.481 e. The number of aryl methyl sites for hydroxylation is 1. The molecule has 0 unspecified atom stereocenters. The van der Waals surface area contributed by atoms with Crippen LogP contribution in [0.15, 0.2) is 18.5 Å². The van der Waals surface area contributed by atoms with Crippen LogP contribution in [0.5, 0.6) is 0 Å². The lowest BCUT2D eigenvalue weighted by molar-refractivity contribution is -0.148. The molecule has 4 heteroatoms. The first-order valence-electron chi connectivity index (χ1n) is 4.96. The zero-order chi connectivity index (χ0) is 11.1. The van der Waals surface area contributed by atoms with Gasteiger partial charge in [0.25, 0.3) is 0 Å². The summed E-state index contributed by atoms with van der Waals surface area (Å²) in [6.07, 6.45) is 4.37. The first kappa shape index (κ1) is 10.1. The molecule has 4 nitrogen and oxygen atoms in total. The third-order valence-corrected chi connectivity index (χ3v) is 3.06. The fourth-order valence-electron chi connectivity index (χ4n) is 2.19. The van der Waals surface area contributed by atoms with Crippen LogP contribution in [0, 0.1) is 6.92 Å². The Hall–Kier alpha value is -1.42. The van der Waals surface area contributed by atoms with Crippen molar-refractivity contribution in [1.82, 2.24) is 4.98 Å². The van der Waals surface area contributed by atoms with Crippen molar-refractivity contribution in [3.63, 3.8) is 0 Å². The summed E-state index contributed by atoms with van der Waals surface area (Å²) in [6.45, 7) is 1.91. The molecule has 0 aromatic carbocycles. The molecule has 1 heterocycles. The number of carboxylic acids is 1. The van der Waals surface area contributed by atoms with E-state index in [1.54, 1.807) is 12.4 Å². The average molecular weight is 206 g/mol. The van der Waals surface area contributed by atoms with Gasteiger partial charge in [0.15, 0.2) is 0 Å². The Kier molecular flexibility index (Phi) is 2.23. The molecule has 3 N–H and O–H groups in total. The van der Waals surface area contributed by atoms with Crippen molar-refractivity contribution >= 4 is 5.97 Å². The van der Waals surface area contributed by atoms with Gasteiger partial charge in [-0.25, -0.2) is 0 Å². The fraction of sp³-hybridized carbons (Fsp3) is 0.455. The van der Waals surface area contributed by atoms with E-state index in [-0.39, 0.29) is 6.04 Å². The minimum Gasteiger partial charge on any atom is -0.481 e. The highest BCUT2D eigenvalue weighted by Crippen LogP contribution is 2.43. The smallest absolute Gasteiger partial charge is 0.314 e. The zero-order valence-corrected chi connectivity index (χ0v) is 8.60. The molecule has 80 valence electrons. The maximum atomic E-state index is 11.3. The lowest BCUT2D eigenvalue weighted by Gasteiger charge is -2.42. The van der Waals surface area contributed by atoms with Crippen LogP contribution < -0.4 is 5.73 Å². The number of carboxylic acid groups (broad SMARTS) is 1. The van der Waals surface area contributed by atoms with Gasteiger partial charge in [-0.2, -0.15) is 0 Å². The van der Waals surface area contributed by atoms with Crippen molar-refractivity contribution in [2.75, 3.05) is 0 Å². The van der Waals surface area contributed by atoms with Crippen LogP contribution in [0.4, 0.5) is 0 Å². The molecule has 1 fully saturated rings. The van der Waals surface area contributed by atoms with Crippen LogP contribution in [0.25, 0.3) is 0 Å². The maximum Gasteiger partial charge on any atom is 0.314 e. The summed E-state index contributed by atoms with van der Waals surface area (Å²) in [5, 5.41) is 9.26. The molecular formula is C11H14N2O2. The normalized spacial score (nSPS) is 29.6. The Morgan fingerprint density at radius 2 is 2.27 bits per heavy atom. The first-order valence-corrected chi connectivity index (χ1v) is 4.96. The molecule has 0 aliphatic heterocycles. The number of pyridine rings is 1. The molecule has 0 radical (unpaired) electrons. The van der Waals surface area contributed by atoms with E-state index in [0.717, 1.165) is 11.1 Å². The minimum absolute atomic E-state index is 0.00149. The number of nitrogens with two attached hydrogens (primary N) is 1. The van der Waals surface area contributed by atoms with E-state index >= 15 is 0 Å². The second-order valence-corrected chi connectivity index (χ2v) is 4.31. The van der Waals surface area contributed by atoms with Crippen LogP contribution in [0.3, 0.4) is 0 Å². The summed E-state index contributed by atoms with van der Waals surface area (Å²) in [7, 11) is 0. The molecule has 1 aliphatic carbocycles. The molecule has 0 atom stereocenters. The van der Waals surface area contributed by atoms with Crippen LogP contribution >= 0.6 is 0 Å². The van der Waals surface area contributed by atoms with Gasteiger partial charge in [-0.3, -0.25) is 9.78 Å². The Morgan fingerprint density at radius 3 is 2.73 bits per heavy atom. The second kappa shape index (κ2) is 3.31. The zero-order valence-electron chi connectivity index (χ0n) is 8.60. The van der Waals surface area contributed by atoms with Gasteiger partial charge in [0.2, 0.25) is 0 Å². The van der Waals surface area contributed by atoms with Crippen LogP contribution in [0.2, 0.25) is 0 Å². The van der Waals surface area contributed by atoms with Crippen molar-refractivity contribution in [3.05, 3.63) is 29.6 Å². The predicted molar refractivity (Wildman–Crippen MR) is 55.5 cm³/mol. The number of hydrogen-bond donors (Lipinski definition) is 2. The van der Waals surface area contributed by atoms with Crippen LogP contribution in [0.1, 0.15) is 24.0 Å². The standard InChI is InChI=1S/C11H14N2O2/c1-7-2-8(6-13-5-7)11(10(14)15)3-9(12)4-11/h2,5-6,9H,3-4,12H2,1H3,(H,14,15). The van der Waals surface area contributed by atoms with E-state index < -0.39 is 11.4 Å². The lowest BCUT2D eigenvalue weighted by Crippen LogP contribution is -2.54. The quantitative estimate of drug-likeness (QED) is 0.751. The highest BCUT2D eigenvalue weighted by Gasteiger charge is 2.50. The van der Waals surface area contributed by atoms with Gasteiger partial charge in [-0.1, -0.05) is 6.07 Å². The van der Waals surface area contributed by atoms with E-state index in [2.05, 4.69) is 4.98 Å². The molecule has 1 aromatic heterocycles. The highest BCUT2D eigenvalue weighted by molar-refractivity contribution is 5.83. The molecule has 1 aliphatic rings. The van der Waals surface area contributed by atoms with Gasteiger partial charge < -0.3 is 10.8 Å². The Morgan fingerprint density at radius 1 is 1.60 bits per heavy atom. The van der Waals surface area contributed by atoms with Gasteiger partial charge >= 0.3 is 5.97 Å². The summed E-state index contributed by atoms with van der Waals surface area (Å²) in [5.41, 5.74) is 6.65. The van der Waals surface area contributed by atoms with Crippen molar-refractivity contribution in [1.29, 1.82) is 0 Å². The topological polar surface area (TPSA) is 76.2 Å². The third-order valence-electron chi connectivity index (χ3n) is 3.06. The lowest BCUT2D eigenvalue weighted by atomic mass is 9.62. The number of rotatable bonds is 2. The molecule has 1 saturated carbocycles. The summed E-state index contributed by atoms with van der Waals surface area (Å²) >= 11 is 0. The third kappa shape index (κ3) is 1.51. The average Bonchev–Trinajstić information content (AvgIpc) is 2.12. The van der Waals surface area contributed by atoms with E-state index in [1.807, 2.05) is 13.0 Å². The second-order valence-electron chi connectivity index (χ2n) is 4.31. The van der Waals surface area contributed by atoms with Crippen molar-refractivity contribution in [2.24, 2.45) is 5.73 Å². The molecule has 0 amide bonds. The predicted octanol–water partition coefficient (Wildman–Crippen LogP) is 0.834. The number of carbonyl (C=O) groups is 1. The van der Waals surface area contributed by atoms with Gasteiger partial charge in [0.05, 0.1) is 5.41 Å². The summed E-state index contributed by atoms with van der Waals surface area (Å²) in [4.78, 5) is 15.3. The molecular weight excluding hydrogens is 192 g/mol. The van der Waals surface area contributed by atoms with Gasteiger partial charge in [0, 0.05) is 18.4 Å². The van der Waals surface area contributed by atoms with Crippen LogP contribution in [-0.2, 0) is 10.2 Å². The minimum atomic E-state index is -0.795. The van der Waals surface area contributed by atoms with Crippen molar-refractivity contribution in [2.45, 2.75) is 31.2 Å². The molecule has 0 bridgehead atoms. The maximum absolute atomic E-state index is 11.3. The van der Waals surface area contributed by atoms with Gasteiger partial charge in [-0.15, -0.1) is 0 Å². The molecule has 15 heavy (non-hydrogen) atoms. The highest BCUT2D eigenvalue weighted by atomic mass is 16.4. The molecule has 2 rings (SSSR count). The van der Waals surface area contributed by atoms with Gasteiger partial charge in [-0.05, 0) is 30.9 Å². The molecule has 0 saturated heterocycles. The number of nitrogens with zero attached hydrogens (tertiary/aromatic N) is 1. The monoisotopic (exact) mass is 206 g/mol. The number of hydrogen-bond acceptors (Lipinski definition) is 3. The SMILES string of the molecule is Cc1cncc(C2(C(=O)O)CC(N)C2)c1. The number of aliphatic carboxylic acids is 1. The van der Waals surface area contributed by atoms with Crippen molar-refractivity contribution in [3.8, 4) is 0 Å². The van der Waals surface area contributed by atoms with Gasteiger partial charge in [0.1, 0.15) is 0 Å². The summed E-state index contributed by atoms with van der Waals surface area (Å²) in [5.74, 6) is -0.795. The number of aromatic nitrogens is 1. The summed E-state index contributed by atoms with van der Waals surface area (Å²) < 4.78 is 0. The molecule has 1 aromatic rings.